The highest BCUT2D eigenvalue weighted by Crippen LogP contribution is 2.28. The minimum Gasteiger partial charge on any atom is -0.364 e. The second-order valence-electron chi connectivity index (χ2n) is 4.16. The van der Waals surface area contributed by atoms with Gasteiger partial charge in [-0.25, -0.2) is 0 Å². The standard InChI is InChI=1S/C12H18N2/c1-2-5-11(6-3-1)9-12-10-13-7-4-8-14-12/h4,7-8,10-11,14H,1-3,5-6,9H2. The lowest BCUT2D eigenvalue weighted by Gasteiger charge is -2.22. The largest absolute Gasteiger partial charge is 0.364 e. The summed E-state index contributed by atoms with van der Waals surface area (Å²) in [7, 11) is 0. The summed E-state index contributed by atoms with van der Waals surface area (Å²) >= 11 is 0. The molecule has 2 heteroatoms. The number of aliphatic imine (C=N–C) groups is 1. The maximum absolute atomic E-state index is 4.18. The van der Waals surface area contributed by atoms with Gasteiger partial charge in [0.05, 0.1) is 0 Å². The molecule has 2 nitrogen and oxygen atoms in total. The van der Waals surface area contributed by atoms with Gasteiger partial charge in [0.15, 0.2) is 0 Å². The molecule has 0 aromatic rings. The summed E-state index contributed by atoms with van der Waals surface area (Å²) in [6.07, 6.45) is 15.9. The van der Waals surface area contributed by atoms with Crippen LogP contribution in [-0.4, -0.2) is 6.21 Å². The van der Waals surface area contributed by atoms with Crippen LogP contribution in [0.15, 0.2) is 29.2 Å². The van der Waals surface area contributed by atoms with Crippen LogP contribution >= 0.6 is 0 Å². The molecule has 2 rings (SSSR count). The molecule has 1 N–H and O–H groups in total. The van der Waals surface area contributed by atoms with Gasteiger partial charge in [-0.15, -0.1) is 0 Å². The van der Waals surface area contributed by atoms with E-state index in [1.165, 1.54) is 44.2 Å². The van der Waals surface area contributed by atoms with Crippen molar-refractivity contribution < 1.29 is 0 Å². The van der Waals surface area contributed by atoms with Gasteiger partial charge >= 0.3 is 0 Å². The average Bonchev–Trinajstić information content (AvgIpc) is 2.48. The van der Waals surface area contributed by atoms with Gasteiger partial charge < -0.3 is 5.32 Å². The topological polar surface area (TPSA) is 24.4 Å². The van der Waals surface area contributed by atoms with Gasteiger partial charge in [-0.2, -0.15) is 0 Å². The first-order valence-corrected chi connectivity index (χ1v) is 5.59. The number of hydrogen-bond donors (Lipinski definition) is 1. The fraction of sp³-hybridized carbons (Fsp3) is 0.583. The van der Waals surface area contributed by atoms with E-state index in [1.807, 2.05) is 24.7 Å². The number of nitrogens with zero attached hydrogens (tertiary/aromatic N) is 1. The highest BCUT2D eigenvalue weighted by Gasteiger charge is 2.14. The molecule has 76 valence electrons. The molecule has 0 unspecified atom stereocenters. The number of hydrogen-bond acceptors (Lipinski definition) is 2. The van der Waals surface area contributed by atoms with Crippen LogP contribution in [0.4, 0.5) is 0 Å². The Hall–Kier alpha value is -1.05. The van der Waals surface area contributed by atoms with Crippen molar-refractivity contribution in [2.45, 2.75) is 38.5 Å². The predicted molar refractivity (Wildman–Crippen MR) is 60.0 cm³/mol. The van der Waals surface area contributed by atoms with Gasteiger partial charge in [0, 0.05) is 24.3 Å². The maximum Gasteiger partial charge on any atom is 0.0460 e. The van der Waals surface area contributed by atoms with Gasteiger partial charge in [0.25, 0.3) is 0 Å². The molecule has 1 saturated carbocycles. The lowest BCUT2D eigenvalue weighted by Crippen LogP contribution is -2.12. The van der Waals surface area contributed by atoms with Crippen LogP contribution in [0.3, 0.4) is 0 Å². The van der Waals surface area contributed by atoms with Crippen molar-refractivity contribution >= 4 is 6.21 Å². The van der Waals surface area contributed by atoms with Gasteiger partial charge in [-0.05, 0) is 18.4 Å². The zero-order chi connectivity index (χ0) is 9.64. The minimum absolute atomic E-state index is 0.879. The smallest absolute Gasteiger partial charge is 0.0460 e. The normalized spacial score (nSPS) is 22.7. The molecule has 0 atom stereocenters. The zero-order valence-corrected chi connectivity index (χ0v) is 8.58. The molecule has 1 heterocycles. The van der Waals surface area contributed by atoms with E-state index in [4.69, 9.17) is 0 Å². The van der Waals surface area contributed by atoms with E-state index in [1.54, 1.807) is 0 Å². The molecule has 1 aliphatic heterocycles. The van der Waals surface area contributed by atoms with Gasteiger partial charge in [-0.1, -0.05) is 32.1 Å². The second-order valence-corrected chi connectivity index (χ2v) is 4.16. The Morgan fingerprint density at radius 3 is 3.00 bits per heavy atom. The lowest BCUT2D eigenvalue weighted by molar-refractivity contribution is 0.352. The second kappa shape index (κ2) is 4.99. The fourth-order valence-electron chi connectivity index (χ4n) is 2.23. The van der Waals surface area contributed by atoms with Crippen LogP contribution in [-0.2, 0) is 0 Å². The summed E-state index contributed by atoms with van der Waals surface area (Å²) in [5.41, 5.74) is 1.27. The van der Waals surface area contributed by atoms with E-state index >= 15 is 0 Å². The number of allylic oxidation sites excluding steroid dienone is 2. The average molecular weight is 190 g/mol. The fourth-order valence-corrected chi connectivity index (χ4v) is 2.23. The highest BCUT2D eigenvalue weighted by atomic mass is 14.9. The van der Waals surface area contributed by atoms with Crippen molar-refractivity contribution in [2.75, 3.05) is 0 Å². The third kappa shape index (κ3) is 2.72. The predicted octanol–water partition coefficient (Wildman–Crippen LogP) is 2.99. The Balaban J connectivity index is 1.86. The third-order valence-electron chi connectivity index (χ3n) is 3.00. The minimum atomic E-state index is 0.879. The van der Waals surface area contributed by atoms with Crippen LogP contribution < -0.4 is 5.32 Å². The molecule has 0 bridgehead atoms. The van der Waals surface area contributed by atoms with E-state index in [9.17, 15) is 0 Å². The Morgan fingerprint density at radius 1 is 1.29 bits per heavy atom. The maximum atomic E-state index is 4.18. The molecule has 0 spiro atoms. The molecule has 2 aliphatic rings. The molecule has 1 fully saturated rings. The molecule has 0 amide bonds. The van der Waals surface area contributed by atoms with E-state index in [0.717, 1.165) is 5.92 Å². The lowest BCUT2D eigenvalue weighted by atomic mass is 9.86. The Morgan fingerprint density at radius 2 is 2.14 bits per heavy atom. The van der Waals surface area contributed by atoms with E-state index < -0.39 is 0 Å². The van der Waals surface area contributed by atoms with E-state index in [2.05, 4.69) is 10.3 Å². The highest BCUT2D eigenvalue weighted by molar-refractivity contribution is 5.72. The third-order valence-corrected chi connectivity index (χ3v) is 3.00. The van der Waals surface area contributed by atoms with Crippen LogP contribution in [0.25, 0.3) is 0 Å². The van der Waals surface area contributed by atoms with Crippen molar-refractivity contribution in [1.82, 2.24) is 5.32 Å². The summed E-state index contributed by atoms with van der Waals surface area (Å²) in [6.45, 7) is 0. The van der Waals surface area contributed by atoms with Crippen molar-refractivity contribution in [2.24, 2.45) is 10.9 Å². The molecular weight excluding hydrogens is 172 g/mol. The van der Waals surface area contributed by atoms with Crippen molar-refractivity contribution in [3.05, 3.63) is 24.2 Å². The molecular formula is C12H18N2. The Bertz CT molecular complexity index is 257. The summed E-state index contributed by atoms with van der Waals surface area (Å²) in [5, 5.41) is 3.28. The number of rotatable bonds is 2. The monoisotopic (exact) mass is 190 g/mol. The van der Waals surface area contributed by atoms with E-state index in [-0.39, 0.29) is 0 Å². The van der Waals surface area contributed by atoms with Gasteiger partial charge in [0.2, 0.25) is 0 Å². The summed E-state index contributed by atoms with van der Waals surface area (Å²) in [5.74, 6) is 0.879. The zero-order valence-electron chi connectivity index (χ0n) is 8.58. The molecule has 0 aromatic heterocycles. The molecule has 0 radical (unpaired) electrons. The van der Waals surface area contributed by atoms with Crippen LogP contribution in [0.5, 0.6) is 0 Å². The molecule has 0 saturated heterocycles. The first-order chi connectivity index (χ1) is 6.95. The quantitative estimate of drug-likeness (QED) is 0.711. The summed E-state index contributed by atoms with van der Waals surface area (Å²) in [6, 6.07) is 0. The van der Waals surface area contributed by atoms with Crippen LogP contribution in [0, 0.1) is 5.92 Å². The van der Waals surface area contributed by atoms with E-state index in [0.29, 0.717) is 0 Å². The van der Waals surface area contributed by atoms with Gasteiger partial charge in [0.1, 0.15) is 0 Å². The van der Waals surface area contributed by atoms with Crippen molar-refractivity contribution in [1.29, 1.82) is 0 Å². The number of nitrogens with one attached hydrogen (secondary N) is 1. The summed E-state index contributed by atoms with van der Waals surface area (Å²) in [4.78, 5) is 4.18. The van der Waals surface area contributed by atoms with Crippen LogP contribution in [0.2, 0.25) is 0 Å². The first-order valence-electron chi connectivity index (χ1n) is 5.59. The molecule has 14 heavy (non-hydrogen) atoms. The Kier molecular flexibility index (Phi) is 3.39. The SMILES string of the molecule is C1=CNC(CC2CCCCC2)=CN=C1. The van der Waals surface area contributed by atoms with Gasteiger partial charge in [-0.3, -0.25) is 4.99 Å². The summed E-state index contributed by atoms with van der Waals surface area (Å²) < 4.78 is 0. The molecule has 1 aliphatic carbocycles. The van der Waals surface area contributed by atoms with Crippen molar-refractivity contribution in [3.8, 4) is 0 Å². The Labute approximate surface area is 85.8 Å². The van der Waals surface area contributed by atoms with Crippen LogP contribution in [0.1, 0.15) is 38.5 Å². The first kappa shape index (κ1) is 9.50. The molecule has 0 aromatic carbocycles. The van der Waals surface area contributed by atoms with Crippen molar-refractivity contribution in [3.63, 3.8) is 0 Å².